The van der Waals surface area contributed by atoms with Gasteiger partial charge >= 0.3 is 17.9 Å². The summed E-state index contributed by atoms with van der Waals surface area (Å²) in [5.41, 5.74) is 0.346. The summed E-state index contributed by atoms with van der Waals surface area (Å²) in [5.74, 6) is -1.81. The van der Waals surface area contributed by atoms with Gasteiger partial charge in [0, 0.05) is 23.8 Å². The van der Waals surface area contributed by atoms with E-state index < -0.39 is 17.9 Å². The van der Waals surface area contributed by atoms with Crippen molar-refractivity contribution >= 4 is 41.1 Å². The molecular formula is C17H21Cl2NO6. The van der Waals surface area contributed by atoms with Gasteiger partial charge in [-0.05, 0) is 6.42 Å². The van der Waals surface area contributed by atoms with Crippen LogP contribution in [-0.4, -0.2) is 37.2 Å². The Bertz CT molecular complexity index is 558. The van der Waals surface area contributed by atoms with Gasteiger partial charge in [-0.1, -0.05) is 55.6 Å². The molecule has 0 aromatic carbocycles. The summed E-state index contributed by atoms with van der Waals surface area (Å²) in [6.45, 7) is 12.7. The summed E-state index contributed by atoms with van der Waals surface area (Å²) in [5, 5.41) is 15.7. The minimum atomic E-state index is -0.981. The molecule has 0 aliphatic heterocycles. The van der Waals surface area contributed by atoms with Crippen LogP contribution < -0.4 is 0 Å². The zero-order valence-corrected chi connectivity index (χ0v) is 16.0. The molecule has 0 aromatic rings. The molecule has 0 rings (SSSR count). The Hall–Kier alpha value is -2.82. The third-order valence-corrected chi connectivity index (χ3v) is 1.57. The van der Waals surface area contributed by atoms with Crippen LogP contribution in [0.5, 0.6) is 0 Å². The van der Waals surface area contributed by atoms with Crippen LogP contribution in [-0.2, 0) is 23.9 Å². The van der Waals surface area contributed by atoms with E-state index in [0.717, 1.165) is 12.2 Å². The number of halogens is 2. The first-order valence-electron chi connectivity index (χ1n) is 6.40. The van der Waals surface area contributed by atoms with Crippen molar-refractivity contribution < 1.29 is 29.0 Å². The Morgan fingerprint density at radius 3 is 1.73 bits per heavy atom. The predicted molar refractivity (Wildman–Crippen MR) is 101 cm³/mol. The molecule has 26 heavy (non-hydrogen) atoms. The van der Waals surface area contributed by atoms with E-state index in [2.05, 4.69) is 35.8 Å². The van der Waals surface area contributed by atoms with Crippen LogP contribution in [0.3, 0.4) is 0 Å². The fraction of sp³-hybridized carbons (Fsp3) is 0.176. The third-order valence-electron chi connectivity index (χ3n) is 1.57. The molecule has 0 spiro atoms. The maximum atomic E-state index is 10.7. The highest BCUT2D eigenvalue weighted by Crippen LogP contribution is 2.00. The average molecular weight is 406 g/mol. The first kappa shape index (κ1) is 31.0. The quantitative estimate of drug-likeness (QED) is 0.420. The molecular weight excluding hydrogens is 385 g/mol. The van der Waals surface area contributed by atoms with Crippen LogP contribution >= 0.6 is 23.2 Å². The summed E-state index contributed by atoms with van der Waals surface area (Å²) >= 11 is 9.69. The number of allylic oxidation sites excluding steroid dienone is 2. The van der Waals surface area contributed by atoms with Gasteiger partial charge in [0.1, 0.15) is 0 Å². The topological polar surface area (TPSA) is 114 Å². The van der Waals surface area contributed by atoms with E-state index in [-0.39, 0.29) is 4.49 Å². The summed E-state index contributed by atoms with van der Waals surface area (Å²) in [6.07, 6.45) is 5.16. The maximum Gasteiger partial charge on any atom is 0.333 e. The summed E-state index contributed by atoms with van der Waals surface area (Å²) < 4.78 is 8.64. The fourth-order valence-corrected chi connectivity index (χ4v) is 0.565. The van der Waals surface area contributed by atoms with Crippen LogP contribution in [0, 0.1) is 11.3 Å². The Morgan fingerprint density at radius 2 is 1.54 bits per heavy atom. The zero-order valence-electron chi connectivity index (χ0n) is 14.5. The van der Waals surface area contributed by atoms with Gasteiger partial charge in [-0.25, -0.2) is 14.4 Å². The van der Waals surface area contributed by atoms with E-state index in [1.807, 2.05) is 0 Å². The van der Waals surface area contributed by atoms with Gasteiger partial charge in [0.05, 0.1) is 24.8 Å². The van der Waals surface area contributed by atoms with Gasteiger partial charge in [0.25, 0.3) is 0 Å². The number of hydrogen-bond donors (Lipinski definition) is 1. The van der Waals surface area contributed by atoms with E-state index in [9.17, 15) is 14.4 Å². The van der Waals surface area contributed by atoms with Gasteiger partial charge in [-0.15, -0.1) is 0 Å². The summed E-state index contributed by atoms with van der Waals surface area (Å²) in [7, 11) is 2.60. The second kappa shape index (κ2) is 24.4. The smallest absolute Gasteiger partial charge is 0.333 e. The van der Waals surface area contributed by atoms with Gasteiger partial charge < -0.3 is 14.6 Å². The molecule has 0 fully saturated rings. The van der Waals surface area contributed by atoms with Crippen molar-refractivity contribution in [2.45, 2.75) is 6.42 Å². The third kappa shape index (κ3) is 42.9. The monoisotopic (exact) mass is 405 g/mol. The Balaban J connectivity index is -0.000000137. The van der Waals surface area contributed by atoms with Crippen molar-refractivity contribution in [1.29, 1.82) is 5.26 Å². The lowest BCUT2D eigenvalue weighted by Gasteiger charge is -1.97. The second-order valence-corrected chi connectivity index (χ2v) is 4.55. The zero-order chi connectivity index (χ0) is 21.5. The highest BCUT2D eigenvalue weighted by atomic mass is 35.5. The van der Waals surface area contributed by atoms with E-state index in [1.165, 1.54) is 20.3 Å². The lowest BCUT2D eigenvalue weighted by Crippen LogP contribution is -2.02. The number of carbonyl (C=O) groups is 3. The lowest BCUT2D eigenvalue weighted by atomic mass is 10.2. The van der Waals surface area contributed by atoms with Crippen molar-refractivity contribution in [2.75, 3.05) is 14.2 Å². The van der Waals surface area contributed by atoms with Gasteiger partial charge in [0.2, 0.25) is 0 Å². The van der Waals surface area contributed by atoms with E-state index in [4.69, 9.17) is 33.6 Å². The molecule has 0 amide bonds. The van der Waals surface area contributed by atoms with Crippen LogP contribution in [0.1, 0.15) is 6.42 Å². The molecule has 0 aliphatic carbocycles. The van der Waals surface area contributed by atoms with Gasteiger partial charge in [0.15, 0.2) is 0 Å². The molecule has 0 saturated heterocycles. The number of nitriles is 1. The summed E-state index contributed by atoms with van der Waals surface area (Å²) in [6, 6.07) is 1.81. The molecule has 1 N–H and O–H groups in total. The number of carbonyl (C=O) groups excluding carboxylic acids is 2. The highest BCUT2D eigenvalue weighted by molar-refractivity contribution is 6.55. The molecule has 0 radical (unpaired) electrons. The number of aliphatic carboxylic acids is 1. The van der Waals surface area contributed by atoms with Crippen LogP contribution in [0.4, 0.5) is 0 Å². The minimum Gasteiger partial charge on any atom is -0.478 e. The first-order chi connectivity index (χ1) is 12.0. The number of esters is 2. The number of methoxy groups -OCH3 is 2. The average Bonchev–Trinajstić information content (AvgIpc) is 2.60. The number of carboxylic acids is 1. The molecule has 0 aromatic heterocycles. The van der Waals surface area contributed by atoms with E-state index in [1.54, 1.807) is 12.1 Å². The molecule has 9 heteroatoms. The molecule has 0 bridgehead atoms. The highest BCUT2D eigenvalue weighted by Gasteiger charge is 2.02. The van der Waals surface area contributed by atoms with Crippen LogP contribution in [0.25, 0.3) is 0 Å². The molecule has 0 saturated carbocycles. The molecule has 0 aliphatic rings. The minimum absolute atomic E-state index is 0.111. The van der Waals surface area contributed by atoms with E-state index in [0.29, 0.717) is 12.0 Å². The normalized spacial score (nSPS) is 7.65. The molecule has 144 valence electrons. The molecule has 0 atom stereocenters. The molecule has 0 unspecified atom stereocenters. The number of hydrogen-bond acceptors (Lipinski definition) is 6. The molecule has 7 nitrogen and oxygen atoms in total. The SMILES string of the molecule is C=C(CC=CC#N)C(=O)OC.C=C(Cl)Cl.C=CC(=O)O.C=CC(=O)OC. The number of nitrogens with zero attached hydrogens (tertiary/aromatic N) is 1. The van der Waals surface area contributed by atoms with Crippen LogP contribution in [0.15, 0.2) is 60.7 Å². The largest absolute Gasteiger partial charge is 0.478 e. The van der Waals surface area contributed by atoms with Gasteiger partial charge in [-0.2, -0.15) is 5.26 Å². The van der Waals surface area contributed by atoms with Gasteiger partial charge in [-0.3, -0.25) is 0 Å². The first-order valence-corrected chi connectivity index (χ1v) is 7.15. The Morgan fingerprint density at radius 1 is 1.12 bits per heavy atom. The Kier molecular flexibility index (Phi) is 29.1. The lowest BCUT2D eigenvalue weighted by molar-refractivity contribution is -0.136. The Labute approximate surface area is 163 Å². The number of rotatable bonds is 5. The van der Waals surface area contributed by atoms with Crippen LogP contribution in [0.2, 0.25) is 0 Å². The fourth-order valence-electron chi connectivity index (χ4n) is 0.565. The second-order valence-electron chi connectivity index (χ2n) is 3.44. The van der Waals surface area contributed by atoms with Crippen molar-refractivity contribution in [2.24, 2.45) is 0 Å². The standard InChI is InChI=1S/C8H9NO2.C4H6O2.C3H4O2.C2H2Cl2/c1-7(8(10)11-2)5-3-4-6-9;1-3-4(5)6-2;1-2-3(4)5;1-2(3)4/h3-4H,1,5H2,2H3;3H,1H2,2H3;2H,1H2,(H,4,5);1H2. The number of carboxylic acid groups (broad SMARTS) is 1. The van der Waals surface area contributed by atoms with E-state index >= 15 is 0 Å². The number of ether oxygens (including phenoxy) is 2. The van der Waals surface area contributed by atoms with Crippen molar-refractivity contribution in [3.05, 3.63) is 60.7 Å². The summed E-state index contributed by atoms with van der Waals surface area (Å²) in [4.78, 5) is 29.8. The molecule has 0 heterocycles. The maximum absolute atomic E-state index is 10.7. The predicted octanol–water partition coefficient (Wildman–Crippen LogP) is 3.72. The van der Waals surface area contributed by atoms with Crippen molar-refractivity contribution in [3.63, 3.8) is 0 Å². The van der Waals surface area contributed by atoms with Crippen molar-refractivity contribution in [1.82, 2.24) is 0 Å². The van der Waals surface area contributed by atoms with Crippen molar-refractivity contribution in [3.8, 4) is 6.07 Å².